The molecular weight excluding hydrogens is 218 g/mol. The van der Waals surface area contributed by atoms with Gasteiger partial charge >= 0.3 is 5.97 Å². The van der Waals surface area contributed by atoms with Crippen molar-refractivity contribution in [2.24, 2.45) is 7.05 Å². The summed E-state index contributed by atoms with van der Waals surface area (Å²) in [7, 11) is 1.80. The minimum absolute atomic E-state index is 0.0769. The Balaban J connectivity index is 2.71. The van der Waals surface area contributed by atoms with E-state index < -0.39 is 5.97 Å². The van der Waals surface area contributed by atoms with Crippen molar-refractivity contribution in [3.05, 3.63) is 46.2 Å². The number of carbonyl (C=O) groups is 1. The van der Waals surface area contributed by atoms with Crippen LogP contribution in [0.4, 0.5) is 0 Å². The fourth-order valence-electron chi connectivity index (χ4n) is 1.79. The van der Waals surface area contributed by atoms with E-state index in [9.17, 15) is 9.59 Å². The molecule has 0 aliphatic carbocycles. The lowest BCUT2D eigenvalue weighted by Gasteiger charge is -2.08. The van der Waals surface area contributed by atoms with Gasteiger partial charge in [0, 0.05) is 18.6 Å². The Hall–Kier alpha value is -2.10. The molecule has 0 amide bonds. The Bertz CT molecular complexity index is 628. The molecule has 0 bridgehead atoms. The molecule has 4 nitrogen and oxygen atoms in total. The molecule has 2 aromatic rings. The maximum atomic E-state index is 12.1. The van der Waals surface area contributed by atoms with Crippen molar-refractivity contribution in [3.8, 4) is 0 Å². The van der Waals surface area contributed by atoms with Crippen LogP contribution in [0.5, 0.6) is 0 Å². The molecule has 2 rings (SSSR count). The van der Waals surface area contributed by atoms with Crippen molar-refractivity contribution >= 4 is 16.9 Å². The number of fused-ring (bicyclic) bond motifs is 1. The number of aromatic nitrogens is 1. The number of nitrogens with zero attached hydrogens (tertiary/aromatic N) is 1. The highest BCUT2D eigenvalue weighted by atomic mass is 16.5. The molecule has 0 atom stereocenters. The molecule has 0 aliphatic rings. The van der Waals surface area contributed by atoms with Crippen molar-refractivity contribution in [1.29, 1.82) is 0 Å². The minimum Gasteiger partial charge on any atom is -0.462 e. The summed E-state index contributed by atoms with van der Waals surface area (Å²) in [6.07, 6.45) is 1.52. The first-order valence-electron chi connectivity index (χ1n) is 5.40. The molecule has 0 saturated carbocycles. The lowest BCUT2D eigenvalue weighted by Crippen LogP contribution is -2.20. The van der Waals surface area contributed by atoms with Gasteiger partial charge in [-0.1, -0.05) is 12.1 Å². The Morgan fingerprint density at radius 2 is 2.06 bits per heavy atom. The molecule has 0 fully saturated rings. The molecule has 1 aromatic carbocycles. The fourth-order valence-corrected chi connectivity index (χ4v) is 1.79. The highest BCUT2D eigenvalue weighted by molar-refractivity contribution is 5.93. The van der Waals surface area contributed by atoms with Crippen LogP contribution in [-0.2, 0) is 11.8 Å². The minimum atomic E-state index is -0.571. The molecular formula is C13H13NO3. The summed E-state index contributed by atoms with van der Waals surface area (Å²) >= 11 is 0. The van der Waals surface area contributed by atoms with Gasteiger partial charge in [0.15, 0.2) is 0 Å². The summed E-state index contributed by atoms with van der Waals surface area (Å²) in [5.41, 5.74) is 0.593. The quantitative estimate of drug-likeness (QED) is 0.739. The normalized spacial score (nSPS) is 10.5. The Labute approximate surface area is 98.4 Å². The molecule has 88 valence electrons. The molecule has 0 aliphatic heterocycles. The highest BCUT2D eigenvalue weighted by Gasteiger charge is 2.14. The average molecular weight is 231 g/mol. The summed E-state index contributed by atoms with van der Waals surface area (Å²) in [6.45, 7) is 1.97. The number of esters is 1. The van der Waals surface area contributed by atoms with Crippen LogP contribution in [0.2, 0.25) is 0 Å². The summed E-state index contributed by atoms with van der Waals surface area (Å²) < 4.78 is 6.61. The van der Waals surface area contributed by atoms with Gasteiger partial charge in [-0.25, -0.2) is 4.79 Å². The maximum Gasteiger partial charge on any atom is 0.343 e. The zero-order chi connectivity index (χ0) is 12.4. The summed E-state index contributed by atoms with van der Waals surface area (Å²) in [5.74, 6) is -0.571. The Kier molecular flexibility index (Phi) is 2.95. The lowest BCUT2D eigenvalue weighted by molar-refractivity contribution is 0.0524. The fraction of sp³-hybridized carbons (Fsp3) is 0.231. The Morgan fingerprint density at radius 3 is 2.76 bits per heavy atom. The van der Waals surface area contributed by atoms with Crippen molar-refractivity contribution in [3.63, 3.8) is 0 Å². The summed E-state index contributed by atoms with van der Waals surface area (Å²) in [6, 6.07) is 7.18. The number of ether oxygens (including phenoxy) is 1. The van der Waals surface area contributed by atoms with Crippen LogP contribution in [0.25, 0.3) is 10.9 Å². The number of carbonyl (C=O) groups excluding carboxylic acids is 1. The number of hydrogen-bond donors (Lipinski definition) is 0. The zero-order valence-corrected chi connectivity index (χ0v) is 9.77. The van der Waals surface area contributed by atoms with E-state index in [1.165, 1.54) is 6.20 Å². The summed E-state index contributed by atoms with van der Waals surface area (Å²) in [5, 5.41) is 0.528. The van der Waals surface area contributed by atoms with Gasteiger partial charge in [0.05, 0.1) is 12.1 Å². The van der Waals surface area contributed by atoms with E-state index in [0.717, 1.165) is 5.52 Å². The lowest BCUT2D eigenvalue weighted by atomic mass is 10.1. The maximum absolute atomic E-state index is 12.1. The molecule has 4 heteroatoms. The van der Waals surface area contributed by atoms with Crippen LogP contribution in [-0.4, -0.2) is 17.1 Å². The van der Waals surface area contributed by atoms with Gasteiger partial charge in [-0.3, -0.25) is 4.79 Å². The van der Waals surface area contributed by atoms with E-state index in [0.29, 0.717) is 5.39 Å². The third kappa shape index (κ3) is 1.93. The molecule has 17 heavy (non-hydrogen) atoms. The standard InChI is InChI=1S/C13H13NO3/c1-3-17-13(16)10-8-14(2)11-7-5-4-6-9(11)12(10)15/h4-8H,3H2,1-2H3. The van der Waals surface area contributed by atoms with Crippen molar-refractivity contribution in [2.45, 2.75) is 6.92 Å². The van der Waals surface area contributed by atoms with E-state index in [4.69, 9.17) is 4.74 Å². The summed E-state index contributed by atoms with van der Waals surface area (Å²) in [4.78, 5) is 23.7. The molecule has 0 radical (unpaired) electrons. The first-order valence-corrected chi connectivity index (χ1v) is 5.40. The smallest absolute Gasteiger partial charge is 0.343 e. The second kappa shape index (κ2) is 4.41. The van der Waals surface area contributed by atoms with Gasteiger partial charge in [-0.2, -0.15) is 0 Å². The highest BCUT2D eigenvalue weighted by Crippen LogP contribution is 2.10. The van der Waals surface area contributed by atoms with Crippen LogP contribution in [0.15, 0.2) is 35.3 Å². The van der Waals surface area contributed by atoms with Crippen molar-refractivity contribution in [1.82, 2.24) is 4.57 Å². The van der Waals surface area contributed by atoms with Crippen molar-refractivity contribution < 1.29 is 9.53 Å². The second-order valence-corrected chi connectivity index (χ2v) is 3.72. The van der Waals surface area contributed by atoms with Crippen LogP contribution >= 0.6 is 0 Å². The van der Waals surface area contributed by atoms with Crippen LogP contribution in [0.1, 0.15) is 17.3 Å². The molecule has 0 spiro atoms. The van der Waals surface area contributed by atoms with Gasteiger partial charge in [0.2, 0.25) is 5.43 Å². The number of aryl methyl sites for hydroxylation is 1. The van der Waals surface area contributed by atoms with Gasteiger partial charge in [-0.05, 0) is 19.1 Å². The van der Waals surface area contributed by atoms with E-state index in [-0.39, 0.29) is 17.6 Å². The number of para-hydroxylation sites is 1. The van der Waals surface area contributed by atoms with Gasteiger partial charge in [0.1, 0.15) is 5.56 Å². The SMILES string of the molecule is CCOC(=O)c1cn(C)c2ccccc2c1=O. The average Bonchev–Trinajstić information content (AvgIpc) is 2.34. The van der Waals surface area contributed by atoms with Gasteiger partial charge < -0.3 is 9.30 Å². The third-order valence-corrected chi connectivity index (χ3v) is 2.59. The molecule has 1 aromatic heterocycles. The van der Waals surface area contributed by atoms with Crippen molar-refractivity contribution in [2.75, 3.05) is 6.61 Å². The second-order valence-electron chi connectivity index (χ2n) is 3.72. The number of rotatable bonds is 2. The number of hydrogen-bond acceptors (Lipinski definition) is 3. The molecule has 0 saturated heterocycles. The van der Waals surface area contributed by atoms with Crippen LogP contribution in [0, 0.1) is 0 Å². The third-order valence-electron chi connectivity index (χ3n) is 2.59. The first-order chi connectivity index (χ1) is 8.15. The van der Waals surface area contributed by atoms with E-state index >= 15 is 0 Å². The predicted octanol–water partition coefficient (Wildman–Crippen LogP) is 1.72. The van der Waals surface area contributed by atoms with Crippen LogP contribution < -0.4 is 5.43 Å². The van der Waals surface area contributed by atoms with Gasteiger partial charge in [-0.15, -0.1) is 0 Å². The monoisotopic (exact) mass is 231 g/mol. The first kappa shape index (κ1) is 11.4. The number of pyridine rings is 1. The van der Waals surface area contributed by atoms with Gasteiger partial charge in [0.25, 0.3) is 0 Å². The molecule has 1 heterocycles. The van der Waals surface area contributed by atoms with E-state index in [1.54, 1.807) is 30.7 Å². The predicted molar refractivity (Wildman–Crippen MR) is 65.1 cm³/mol. The van der Waals surface area contributed by atoms with Crippen LogP contribution in [0.3, 0.4) is 0 Å². The largest absolute Gasteiger partial charge is 0.462 e. The van der Waals surface area contributed by atoms with E-state index in [1.807, 2.05) is 12.1 Å². The number of benzene rings is 1. The molecule has 0 N–H and O–H groups in total. The Morgan fingerprint density at radius 1 is 1.35 bits per heavy atom. The van der Waals surface area contributed by atoms with E-state index in [2.05, 4.69) is 0 Å². The zero-order valence-electron chi connectivity index (χ0n) is 9.77. The topological polar surface area (TPSA) is 48.3 Å². The molecule has 0 unspecified atom stereocenters.